The van der Waals surface area contributed by atoms with Gasteiger partial charge in [0.25, 0.3) is 0 Å². The lowest BCUT2D eigenvalue weighted by atomic mass is 10.1. The molecule has 0 atom stereocenters. The normalized spacial score (nSPS) is 11.2. The number of anilines is 2. The van der Waals surface area contributed by atoms with E-state index in [9.17, 15) is 9.18 Å². The fraction of sp³-hybridized carbons (Fsp3) is 0.190. The van der Waals surface area contributed by atoms with Crippen molar-refractivity contribution in [3.8, 4) is 17.3 Å². The molecule has 11 heteroatoms. The molecule has 0 radical (unpaired) electrons. The fourth-order valence-corrected chi connectivity index (χ4v) is 2.75. The van der Waals surface area contributed by atoms with Crippen molar-refractivity contribution in [2.24, 2.45) is 0 Å². The summed E-state index contributed by atoms with van der Waals surface area (Å²) in [6.45, 7) is 5.97. The average molecular weight is 436 g/mol. The molecule has 4 rings (SSSR count). The predicted octanol–water partition coefficient (Wildman–Crippen LogP) is 4.19. The van der Waals surface area contributed by atoms with E-state index in [1.165, 1.54) is 29.2 Å². The number of amides is 2. The van der Waals surface area contributed by atoms with E-state index in [1.54, 1.807) is 41.5 Å². The third kappa shape index (κ3) is 4.89. The highest BCUT2D eigenvalue weighted by atomic mass is 19.1. The molecular weight excluding hydrogens is 415 g/mol. The zero-order chi connectivity index (χ0) is 22.7. The van der Waals surface area contributed by atoms with Gasteiger partial charge in [-0.1, -0.05) is 5.21 Å². The molecule has 0 aliphatic heterocycles. The Morgan fingerprint density at radius 3 is 2.59 bits per heavy atom. The predicted molar refractivity (Wildman–Crippen MR) is 115 cm³/mol. The first-order valence-corrected chi connectivity index (χ1v) is 9.71. The minimum Gasteiger partial charge on any atom is -0.457 e. The number of ether oxygens (including phenoxy) is 1. The lowest BCUT2D eigenvalue weighted by Crippen LogP contribution is -2.22. The van der Waals surface area contributed by atoms with Crippen LogP contribution in [-0.2, 0) is 5.54 Å². The molecule has 0 saturated heterocycles. The summed E-state index contributed by atoms with van der Waals surface area (Å²) < 4.78 is 23.4. The second kappa shape index (κ2) is 8.46. The smallest absolute Gasteiger partial charge is 0.323 e. The number of rotatable bonds is 5. The van der Waals surface area contributed by atoms with Gasteiger partial charge >= 0.3 is 6.03 Å². The van der Waals surface area contributed by atoms with Crippen molar-refractivity contribution in [3.05, 3.63) is 67.1 Å². The van der Waals surface area contributed by atoms with E-state index < -0.39 is 11.8 Å². The highest BCUT2D eigenvalue weighted by Gasteiger charge is 2.15. The van der Waals surface area contributed by atoms with Gasteiger partial charge < -0.3 is 15.4 Å². The number of urea groups is 1. The van der Waals surface area contributed by atoms with E-state index in [2.05, 4.69) is 31.0 Å². The molecule has 0 spiro atoms. The van der Waals surface area contributed by atoms with Crippen LogP contribution in [0.2, 0.25) is 0 Å². The monoisotopic (exact) mass is 436 g/mol. The number of halogens is 1. The van der Waals surface area contributed by atoms with E-state index in [0.717, 1.165) is 0 Å². The van der Waals surface area contributed by atoms with Crippen LogP contribution in [0.25, 0.3) is 5.82 Å². The van der Waals surface area contributed by atoms with Crippen molar-refractivity contribution in [1.82, 2.24) is 29.8 Å². The van der Waals surface area contributed by atoms with Gasteiger partial charge in [0.05, 0.1) is 35.5 Å². The lowest BCUT2D eigenvalue weighted by molar-refractivity contribution is 0.262. The third-order valence-corrected chi connectivity index (χ3v) is 4.33. The van der Waals surface area contributed by atoms with Gasteiger partial charge in [-0.2, -0.15) is 5.10 Å². The molecule has 0 aliphatic rings. The summed E-state index contributed by atoms with van der Waals surface area (Å²) in [6.07, 6.45) is 7.95. The number of pyridine rings is 1. The molecule has 0 aliphatic carbocycles. The van der Waals surface area contributed by atoms with Crippen molar-refractivity contribution in [3.63, 3.8) is 0 Å². The number of nitrogens with one attached hydrogen (secondary N) is 2. The largest absolute Gasteiger partial charge is 0.457 e. The molecule has 0 bridgehead atoms. The number of aromatic nitrogens is 6. The molecule has 32 heavy (non-hydrogen) atoms. The molecule has 2 amide bonds. The Morgan fingerprint density at radius 1 is 1.09 bits per heavy atom. The van der Waals surface area contributed by atoms with Crippen molar-refractivity contribution < 1.29 is 13.9 Å². The summed E-state index contributed by atoms with van der Waals surface area (Å²) in [6, 6.07) is 6.84. The number of carbonyl (C=O) groups is 1. The molecule has 0 fully saturated rings. The van der Waals surface area contributed by atoms with Crippen LogP contribution in [0.1, 0.15) is 20.8 Å². The van der Waals surface area contributed by atoms with Crippen molar-refractivity contribution in [2.75, 3.05) is 10.6 Å². The van der Waals surface area contributed by atoms with Gasteiger partial charge in [0.2, 0.25) is 0 Å². The Bertz CT molecular complexity index is 1230. The number of benzene rings is 1. The SMILES string of the molecule is CC(C)(C)n1cc(NC(=O)Nc2ccc(Oc3ccnc(-n4ccnn4)c3)cc2F)cn1. The molecule has 2 N–H and O–H groups in total. The van der Waals surface area contributed by atoms with Crippen LogP contribution in [0.3, 0.4) is 0 Å². The Labute approximate surface area is 183 Å². The van der Waals surface area contributed by atoms with Gasteiger partial charge in [0.15, 0.2) is 5.82 Å². The number of hydrogen-bond acceptors (Lipinski definition) is 6. The molecule has 1 aromatic carbocycles. The second-order valence-corrected chi connectivity index (χ2v) is 7.86. The van der Waals surface area contributed by atoms with Crippen LogP contribution < -0.4 is 15.4 Å². The van der Waals surface area contributed by atoms with E-state index in [4.69, 9.17) is 4.74 Å². The first-order valence-electron chi connectivity index (χ1n) is 9.71. The molecule has 3 heterocycles. The Kier molecular flexibility index (Phi) is 5.54. The quantitative estimate of drug-likeness (QED) is 0.485. The van der Waals surface area contributed by atoms with Crippen LogP contribution in [0.4, 0.5) is 20.6 Å². The Morgan fingerprint density at radius 2 is 1.91 bits per heavy atom. The van der Waals surface area contributed by atoms with Crippen LogP contribution in [0.15, 0.2) is 61.3 Å². The first kappa shape index (κ1) is 21.0. The first-order chi connectivity index (χ1) is 15.3. The molecule has 10 nitrogen and oxygen atoms in total. The Balaban J connectivity index is 1.41. The summed E-state index contributed by atoms with van der Waals surface area (Å²) in [5.41, 5.74) is 0.290. The van der Waals surface area contributed by atoms with Crippen LogP contribution in [0.5, 0.6) is 11.5 Å². The summed E-state index contributed by atoms with van der Waals surface area (Å²) in [5.74, 6) is 0.564. The standard InChI is InChI=1S/C21H21FN8O2/c1-21(2,3)30-13-14(12-25-30)26-20(31)27-18-5-4-15(10-17(18)22)32-16-6-7-23-19(11-16)29-9-8-24-28-29/h4-13H,1-3H3,(H2,26,27,31). The van der Waals surface area contributed by atoms with Crippen molar-refractivity contribution in [1.29, 1.82) is 0 Å². The van der Waals surface area contributed by atoms with Gasteiger partial charge in [0, 0.05) is 24.5 Å². The maximum atomic E-state index is 14.5. The van der Waals surface area contributed by atoms with Gasteiger partial charge in [-0.3, -0.25) is 4.68 Å². The third-order valence-electron chi connectivity index (χ3n) is 4.33. The number of carbonyl (C=O) groups excluding carboxylic acids is 1. The highest BCUT2D eigenvalue weighted by Crippen LogP contribution is 2.26. The van der Waals surface area contributed by atoms with Crippen LogP contribution >= 0.6 is 0 Å². The summed E-state index contributed by atoms with van der Waals surface area (Å²) in [5, 5.41) is 16.9. The van der Waals surface area contributed by atoms with Gasteiger partial charge in [-0.25, -0.2) is 18.9 Å². The van der Waals surface area contributed by atoms with Gasteiger partial charge in [-0.05, 0) is 39.0 Å². The molecule has 164 valence electrons. The maximum Gasteiger partial charge on any atom is 0.323 e. The molecular formula is C21H21FN8O2. The van der Waals surface area contributed by atoms with Gasteiger partial charge in [0.1, 0.15) is 17.3 Å². The van der Waals surface area contributed by atoms with E-state index >= 15 is 0 Å². The van der Waals surface area contributed by atoms with Crippen LogP contribution in [-0.4, -0.2) is 35.8 Å². The zero-order valence-corrected chi connectivity index (χ0v) is 17.7. The van der Waals surface area contributed by atoms with Crippen LogP contribution in [0, 0.1) is 5.82 Å². The average Bonchev–Trinajstić information content (AvgIpc) is 3.42. The maximum absolute atomic E-state index is 14.5. The minimum atomic E-state index is -0.645. The highest BCUT2D eigenvalue weighted by molar-refractivity contribution is 5.99. The lowest BCUT2D eigenvalue weighted by Gasteiger charge is -2.18. The fourth-order valence-electron chi connectivity index (χ4n) is 2.75. The minimum absolute atomic E-state index is 0.0103. The van der Waals surface area contributed by atoms with Gasteiger partial charge in [-0.15, -0.1) is 5.10 Å². The molecule has 4 aromatic rings. The van der Waals surface area contributed by atoms with E-state index in [-0.39, 0.29) is 17.0 Å². The summed E-state index contributed by atoms with van der Waals surface area (Å²) in [4.78, 5) is 16.4. The van der Waals surface area contributed by atoms with Crippen molar-refractivity contribution in [2.45, 2.75) is 26.3 Å². The number of hydrogen-bond donors (Lipinski definition) is 2. The Hall–Kier alpha value is -4.28. The van der Waals surface area contributed by atoms with E-state index in [1.807, 2.05) is 20.8 Å². The molecule has 0 unspecified atom stereocenters. The summed E-state index contributed by atoms with van der Waals surface area (Å²) in [7, 11) is 0. The zero-order valence-electron chi connectivity index (χ0n) is 17.7. The second-order valence-electron chi connectivity index (χ2n) is 7.86. The summed E-state index contributed by atoms with van der Waals surface area (Å²) >= 11 is 0. The topological polar surface area (TPSA) is 112 Å². The van der Waals surface area contributed by atoms with E-state index in [0.29, 0.717) is 17.3 Å². The number of nitrogens with zero attached hydrogens (tertiary/aromatic N) is 6. The molecule has 0 saturated carbocycles. The molecule has 3 aromatic heterocycles. The van der Waals surface area contributed by atoms with Crippen molar-refractivity contribution >= 4 is 17.4 Å².